The molecule has 1 fully saturated rings. The average molecular weight is 184 g/mol. The van der Waals surface area contributed by atoms with Gasteiger partial charge in [-0.05, 0) is 38.5 Å². The lowest BCUT2D eigenvalue weighted by atomic mass is 10.0. The van der Waals surface area contributed by atoms with Crippen molar-refractivity contribution in [3.05, 3.63) is 12.2 Å². The van der Waals surface area contributed by atoms with Crippen molar-refractivity contribution in [1.29, 1.82) is 0 Å². The van der Waals surface area contributed by atoms with Crippen molar-refractivity contribution in [1.82, 2.24) is 0 Å². The maximum Gasteiger partial charge on any atom is 0.0858 e. The number of methoxy groups -OCH3 is 1. The second kappa shape index (κ2) is 4.77. The molecule has 2 heteroatoms. The molecule has 1 aliphatic carbocycles. The van der Waals surface area contributed by atoms with Crippen LogP contribution in [0, 0.1) is 5.92 Å². The number of rotatable bonds is 6. The summed E-state index contributed by atoms with van der Waals surface area (Å²) in [5.74, 6) is 0.602. The topological polar surface area (TPSA) is 29.5 Å². The molecular formula is C11H20O2. The van der Waals surface area contributed by atoms with Gasteiger partial charge in [-0.3, -0.25) is 0 Å². The van der Waals surface area contributed by atoms with Gasteiger partial charge in [-0.2, -0.15) is 0 Å². The van der Waals surface area contributed by atoms with E-state index in [4.69, 9.17) is 4.74 Å². The van der Waals surface area contributed by atoms with Gasteiger partial charge in [0.15, 0.2) is 0 Å². The lowest BCUT2D eigenvalue weighted by molar-refractivity contribution is -0.0276. The summed E-state index contributed by atoms with van der Waals surface area (Å²) in [5.41, 5.74) is 1.13. The van der Waals surface area contributed by atoms with E-state index in [0.717, 1.165) is 18.4 Å². The number of hydrogen-bond donors (Lipinski definition) is 1. The van der Waals surface area contributed by atoms with Crippen molar-refractivity contribution < 1.29 is 9.84 Å². The molecular weight excluding hydrogens is 164 g/mol. The fourth-order valence-corrected chi connectivity index (χ4v) is 1.65. The van der Waals surface area contributed by atoms with Crippen LogP contribution < -0.4 is 0 Å². The van der Waals surface area contributed by atoms with Gasteiger partial charge in [0.2, 0.25) is 0 Å². The first-order valence-electron chi connectivity index (χ1n) is 5.00. The van der Waals surface area contributed by atoms with E-state index >= 15 is 0 Å². The normalized spacial score (nSPS) is 21.2. The van der Waals surface area contributed by atoms with Crippen molar-refractivity contribution in [2.75, 3.05) is 7.11 Å². The summed E-state index contributed by atoms with van der Waals surface area (Å²) in [6.07, 6.45) is 3.84. The predicted octanol–water partition coefficient (Wildman–Crippen LogP) is 2.13. The fourth-order valence-electron chi connectivity index (χ4n) is 1.65. The molecule has 0 amide bonds. The number of hydrogen-bond acceptors (Lipinski definition) is 2. The molecule has 0 spiro atoms. The van der Waals surface area contributed by atoms with E-state index in [0.29, 0.717) is 5.92 Å². The van der Waals surface area contributed by atoms with Gasteiger partial charge in [0.25, 0.3) is 0 Å². The van der Waals surface area contributed by atoms with E-state index in [2.05, 4.69) is 6.58 Å². The SMILES string of the molecule is C=C(C)CCC(O)C(OC)C1CC1. The smallest absolute Gasteiger partial charge is 0.0858 e. The molecule has 0 radical (unpaired) electrons. The van der Waals surface area contributed by atoms with E-state index in [1.165, 1.54) is 12.8 Å². The highest BCUT2D eigenvalue weighted by Gasteiger charge is 2.35. The van der Waals surface area contributed by atoms with Crippen LogP contribution in [-0.2, 0) is 4.74 Å². The van der Waals surface area contributed by atoms with E-state index < -0.39 is 0 Å². The third-order valence-electron chi connectivity index (χ3n) is 2.60. The molecule has 0 aromatic heterocycles. The van der Waals surface area contributed by atoms with Crippen molar-refractivity contribution in [2.24, 2.45) is 5.92 Å². The Balaban J connectivity index is 2.26. The Hall–Kier alpha value is -0.340. The van der Waals surface area contributed by atoms with Gasteiger partial charge in [0.1, 0.15) is 0 Å². The summed E-state index contributed by atoms with van der Waals surface area (Å²) in [6, 6.07) is 0. The molecule has 0 aromatic rings. The molecule has 0 saturated heterocycles. The van der Waals surface area contributed by atoms with Crippen LogP contribution in [0.15, 0.2) is 12.2 Å². The molecule has 0 aromatic carbocycles. The quantitative estimate of drug-likeness (QED) is 0.641. The molecule has 2 atom stereocenters. The Morgan fingerprint density at radius 1 is 1.62 bits per heavy atom. The fraction of sp³-hybridized carbons (Fsp3) is 0.818. The molecule has 1 rings (SSSR count). The summed E-state index contributed by atoms with van der Waals surface area (Å²) < 4.78 is 5.29. The zero-order chi connectivity index (χ0) is 9.84. The van der Waals surface area contributed by atoms with Crippen molar-refractivity contribution >= 4 is 0 Å². The zero-order valence-corrected chi connectivity index (χ0v) is 8.62. The minimum atomic E-state index is -0.311. The average Bonchev–Trinajstić information content (AvgIpc) is 2.86. The third-order valence-corrected chi connectivity index (χ3v) is 2.60. The second-order valence-corrected chi connectivity index (χ2v) is 4.10. The van der Waals surface area contributed by atoms with Crippen LogP contribution in [0.2, 0.25) is 0 Å². The monoisotopic (exact) mass is 184 g/mol. The summed E-state index contributed by atoms with van der Waals surface area (Å²) in [7, 11) is 1.69. The highest BCUT2D eigenvalue weighted by Crippen LogP contribution is 2.36. The first-order chi connectivity index (χ1) is 6.15. The van der Waals surface area contributed by atoms with Gasteiger partial charge in [-0.1, -0.05) is 5.57 Å². The molecule has 0 aliphatic heterocycles. The number of aliphatic hydroxyl groups is 1. The van der Waals surface area contributed by atoms with E-state index in [9.17, 15) is 5.11 Å². The van der Waals surface area contributed by atoms with Crippen LogP contribution in [0.4, 0.5) is 0 Å². The molecule has 1 aliphatic rings. The van der Waals surface area contributed by atoms with E-state index in [1.807, 2.05) is 6.92 Å². The summed E-state index contributed by atoms with van der Waals surface area (Å²) in [5, 5.41) is 9.80. The second-order valence-electron chi connectivity index (χ2n) is 4.10. The molecule has 0 heterocycles. The highest BCUT2D eigenvalue weighted by molar-refractivity contribution is 4.92. The van der Waals surface area contributed by atoms with Gasteiger partial charge in [0, 0.05) is 7.11 Å². The maximum absolute atomic E-state index is 9.80. The minimum absolute atomic E-state index is 0.0550. The maximum atomic E-state index is 9.80. The van der Waals surface area contributed by atoms with E-state index in [-0.39, 0.29) is 12.2 Å². The van der Waals surface area contributed by atoms with Gasteiger partial charge in [0.05, 0.1) is 12.2 Å². The summed E-state index contributed by atoms with van der Waals surface area (Å²) in [6.45, 7) is 5.81. The molecule has 2 unspecified atom stereocenters. The van der Waals surface area contributed by atoms with Crippen LogP contribution in [0.5, 0.6) is 0 Å². The van der Waals surface area contributed by atoms with Gasteiger partial charge < -0.3 is 9.84 Å². The number of ether oxygens (including phenoxy) is 1. The molecule has 1 N–H and O–H groups in total. The predicted molar refractivity (Wildman–Crippen MR) is 53.6 cm³/mol. The Morgan fingerprint density at radius 2 is 2.23 bits per heavy atom. The van der Waals surface area contributed by atoms with Gasteiger partial charge >= 0.3 is 0 Å². The van der Waals surface area contributed by atoms with Crippen molar-refractivity contribution in [2.45, 2.75) is 44.8 Å². The van der Waals surface area contributed by atoms with Crippen LogP contribution in [0.25, 0.3) is 0 Å². The Labute approximate surface area is 80.6 Å². The number of aliphatic hydroxyl groups excluding tert-OH is 1. The lowest BCUT2D eigenvalue weighted by Crippen LogP contribution is -2.29. The van der Waals surface area contributed by atoms with Crippen LogP contribution in [-0.4, -0.2) is 24.4 Å². The van der Waals surface area contributed by atoms with Crippen LogP contribution in [0.1, 0.15) is 32.6 Å². The molecule has 13 heavy (non-hydrogen) atoms. The Bertz CT molecular complexity index is 173. The lowest BCUT2D eigenvalue weighted by Gasteiger charge is -2.21. The summed E-state index contributed by atoms with van der Waals surface area (Å²) in [4.78, 5) is 0. The molecule has 1 saturated carbocycles. The summed E-state index contributed by atoms with van der Waals surface area (Å²) >= 11 is 0. The Kier molecular flexibility index (Phi) is 3.94. The molecule has 2 nitrogen and oxygen atoms in total. The highest BCUT2D eigenvalue weighted by atomic mass is 16.5. The first-order valence-corrected chi connectivity index (χ1v) is 5.00. The van der Waals surface area contributed by atoms with Crippen LogP contribution in [0.3, 0.4) is 0 Å². The standard InChI is InChI=1S/C11H20O2/c1-8(2)4-7-10(12)11(13-3)9-5-6-9/h9-12H,1,4-7H2,2-3H3. The largest absolute Gasteiger partial charge is 0.390 e. The van der Waals surface area contributed by atoms with E-state index in [1.54, 1.807) is 7.11 Å². The van der Waals surface area contributed by atoms with Crippen molar-refractivity contribution in [3.63, 3.8) is 0 Å². The molecule has 0 bridgehead atoms. The third kappa shape index (κ3) is 3.49. The Morgan fingerprint density at radius 3 is 2.62 bits per heavy atom. The van der Waals surface area contributed by atoms with Gasteiger partial charge in [-0.15, -0.1) is 6.58 Å². The minimum Gasteiger partial charge on any atom is -0.390 e. The first kappa shape index (κ1) is 10.7. The van der Waals surface area contributed by atoms with Crippen molar-refractivity contribution in [3.8, 4) is 0 Å². The van der Waals surface area contributed by atoms with Crippen LogP contribution >= 0.6 is 0 Å². The number of allylic oxidation sites excluding steroid dienone is 1. The van der Waals surface area contributed by atoms with Gasteiger partial charge in [-0.25, -0.2) is 0 Å². The molecule has 76 valence electrons. The zero-order valence-electron chi connectivity index (χ0n) is 8.62.